The van der Waals surface area contributed by atoms with E-state index in [0.717, 1.165) is 0 Å². The van der Waals surface area contributed by atoms with Gasteiger partial charge in [-0.3, -0.25) is 0 Å². The molecule has 1 aliphatic rings. The second kappa shape index (κ2) is 3.95. The van der Waals surface area contributed by atoms with Crippen LogP contribution in [0.3, 0.4) is 0 Å². The van der Waals surface area contributed by atoms with Gasteiger partial charge in [-0.1, -0.05) is 11.2 Å². The molecule has 0 radical (unpaired) electrons. The van der Waals surface area contributed by atoms with Crippen LogP contribution in [0, 0.1) is 0 Å². The average molecular weight is 211 g/mol. The molecule has 0 unspecified atom stereocenters. The van der Waals surface area contributed by atoms with Gasteiger partial charge >= 0.3 is 0 Å². The number of sulfonamides is 1. The summed E-state index contributed by atoms with van der Waals surface area (Å²) in [4.78, 5) is 0. The number of hydrogen-bond donors (Lipinski definition) is 0. The van der Waals surface area contributed by atoms with Crippen molar-refractivity contribution in [1.29, 1.82) is 0 Å². The Labute approximate surface area is 76.2 Å². The fourth-order valence-corrected chi connectivity index (χ4v) is 3.47. The summed E-state index contributed by atoms with van der Waals surface area (Å²) in [5, 5.41) is 0. The predicted octanol–water partition coefficient (Wildman–Crippen LogP) is -0.600. The molecule has 0 aromatic carbocycles. The lowest BCUT2D eigenvalue weighted by Crippen LogP contribution is -2.44. The van der Waals surface area contributed by atoms with E-state index in [-0.39, 0.29) is 5.75 Å². The maximum atomic E-state index is 11.3. The summed E-state index contributed by atoms with van der Waals surface area (Å²) in [6, 6.07) is 0. The fraction of sp³-hybridized carbons (Fsp3) is 1.00. The maximum absolute atomic E-state index is 11.3. The largest absolute Gasteiger partial charge is 0.616 e. The molecule has 0 bridgehead atoms. The standard InChI is InChI=1S/C6H13NO3S2/c1-2-12(9,10)7-3-5-11(8)6-4-7/h2-6H2,1H3. The van der Waals surface area contributed by atoms with E-state index in [1.54, 1.807) is 6.92 Å². The summed E-state index contributed by atoms with van der Waals surface area (Å²) in [6.07, 6.45) is 0. The lowest BCUT2D eigenvalue weighted by Gasteiger charge is -2.26. The molecule has 6 heteroatoms. The molecule has 0 aromatic heterocycles. The van der Waals surface area contributed by atoms with Crippen LogP contribution in [-0.4, -0.2) is 47.6 Å². The lowest BCUT2D eigenvalue weighted by molar-refractivity contribution is 0.431. The first-order valence-electron chi connectivity index (χ1n) is 3.89. The first-order chi connectivity index (χ1) is 5.56. The molecule has 72 valence electrons. The topological polar surface area (TPSA) is 60.4 Å². The Morgan fingerprint density at radius 2 is 1.92 bits per heavy atom. The Morgan fingerprint density at radius 3 is 2.33 bits per heavy atom. The van der Waals surface area contributed by atoms with E-state index in [0.29, 0.717) is 24.6 Å². The van der Waals surface area contributed by atoms with Gasteiger partial charge in [-0.25, -0.2) is 8.42 Å². The van der Waals surface area contributed by atoms with Gasteiger partial charge in [0.1, 0.15) is 11.5 Å². The van der Waals surface area contributed by atoms with E-state index in [1.807, 2.05) is 0 Å². The SMILES string of the molecule is CCS(=O)(=O)N1CC[S+]([O-])CC1. The molecule has 0 aliphatic carbocycles. The average Bonchev–Trinajstić information content (AvgIpc) is 2.05. The molecule has 1 fully saturated rings. The molecule has 0 saturated carbocycles. The molecule has 0 spiro atoms. The number of rotatable bonds is 2. The van der Waals surface area contributed by atoms with E-state index in [1.165, 1.54) is 4.31 Å². The highest BCUT2D eigenvalue weighted by Gasteiger charge is 2.27. The van der Waals surface area contributed by atoms with Gasteiger partial charge in [0.15, 0.2) is 0 Å². The van der Waals surface area contributed by atoms with Crippen molar-refractivity contribution >= 4 is 21.2 Å². The third kappa shape index (κ3) is 2.35. The Balaban J connectivity index is 2.56. The Kier molecular flexibility index (Phi) is 3.39. The Hall–Kier alpha value is 0.220. The zero-order valence-corrected chi connectivity index (χ0v) is 8.66. The van der Waals surface area contributed by atoms with Crippen LogP contribution in [0.2, 0.25) is 0 Å². The third-order valence-electron chi connectivity index (χ3n) is 1.89. The van der Waals surface area contributed by atoms with Gasteiger partial charge in [0, 0.05) is 0 Å². The molecule has 1 heterocycles. The van der Waals surface area contributed by atoms with Crippen LogP contribution in [-0.2, 0) is 21.2 Å². The molecule has 0 atom stereocenters. The second-order valence-corrected chi connectivity index (χ2v) is 6.60. The Bertz CT molecular complexity index is 231. The molecular formula is C6H13NO3S2. The number of hydrogen-bond acceptors (Lipinski definition) is 3. The van der Waals surface area contributed by atoms with Crippen molar-refractivity contribution in [1.82, 2.24) is 4.31 Å². The quantitative estimate of drug-likeness (QED) is 0.573. The maximum Gasteiger partial charge on any atom is 0.214 e. The van der Waals surface area contributed by atoms with Crippen molar-refractivity contribution in [2.24, 2.45) is 0 Å². The monoisotopic (exact) mass is 211 g/mol. The normalized spacial score (nSPS) is 22.8. The van der Waals surface area contributed by atoms with Crippen molar-refractivity contribution in [3.8, 4) is 0 Å². The first kappa shape index (κ1) is 10.3. The summed E-state index contributed by atoms with van der Waals surface area (Å²) in [5.41, 5.74) is 0. The van der Waals surface area contributed by atoms with E-state index in [4.69, 9.17) is 0 Å². The minimum Gasteiger partial charge on any atom is -0.616 e. The highest BCUT2D eigenvalue weighted by Crippen LogP contribution is 2.08. The zero-order valence-electron chi connectivity index (χ0n) is 7.02. The molecule has 0 aromatic rings. The van der Waals surface area contributed by atoms with Gasteiger partial charge in [0.25, 0.3) is 0 Å². The molecule has 1 saturated heterocycles. The highest BCUT2D eigenvalue weighted by molar-refractivity contribution is 7.92. The van der Waals surface area contributed by atoms with Crippen molar-refractivity contribution in [2.75, 3.05) is 30.3 Å². The molecule has 12 heavy (non-hydrogen) atoms. The van der Waals surface area contributed by atoms with Gasteiger partial charge in [-0.15, -0.1) is 0 Å². The van der Waals surface area contributed by atoms with Gasteiger partial charge in [-0.2, -0.15) is 4.31 Å². The van der Waals surface area contributed by atoms with E-state index in [9.17, 15) is 13.0 Å². The summed E-state index contributed by atoms with van der Waals surface area (Å²) < 4.78 is 34.9. The van der Waals surface area contributed by atoms with Crippen LogP contribution in [0.15, 0.2) is 0 Å². The summed E-state index contributed by atoms with van der Waals surface area (Å²) in [5.74, 6) is 1.11. The van der Waals surface area contributed by atoms with Gasteiger partial charge in [-0.05, 0) is 6.92 Å². The van der Waals surface area contributed by atoms with E-state index < -0.39 is 21.2 Å². The smallest absolute Gasteiger partial charge is 0.214 e. The van der Waals surface area contributed by atoms with Gasteiger partial charge in [0.2, 0.25) is 10.0 Å². The van der Waals surface area contributed by atoms with Gasteiger partial charge < -0.3 is 4.55 Å². The Morgan fingerprint density at radius 1 is 1.42 bits per heavy atom. The third-order valence-corrected chi connectivity index (χ3v) is 5.05. The van der Waals surface area contributed by atoms with Crippen LogP contribution >= 0.6 is 0 Å². The molecule has 0 N–H and O–H groups in total. The molecule has 0 amide bonds. The fourth-order valence-electron chi connectivity index (χ4n) is 1.08. The van der Waals surface area contributed by atoms with Crippen LogP contribution in [0.5, 0.6) is 0 Å². The number of nitrogens with zero attached hydrogens (tertiary/aromatic N) is 1. The second-order valence-electron chi connectivity index (χ2n) is 2.65. The van der Waals surface area contributed by atoms with Crippen LogP contribution < -0.4 is 0 Å². The zero-order chi connectivity index (χ0) is 9.19. The summed E-state index contributed by atoms with van der Waals surface area (Å²) in [6.45, 7) is 2.46. The molecule has 1 rings (SSSR count). The minimum atomic E-state index is -3.05. The summed E-state index contributed by atoms with van der Waals surface area (Å²) in [7, 11) is -3.05. The molecule has 1 aliphatic heterocycles. The minimum absolute atomic E-state index is 0.139. The van der Waals surface area contributed by atoms with Crippen LogP contribution in [0.25, 0.3) is 0 Å². The van der Waals surface area contributed by atoms with Crippen molar-refractivity contribution in [3.05, 3.63) is 0 Å². The molecular weight excluding hydrogens is 198 g/mol. The first-order valence-corrected chi connectivity index (χ1v) is 6.99. The van der Waals surface area contributed by atoms with Crippen LogP contribution in [0.4, 0.5) is 0 Å². The predicted molar refractivity (Wildman–Crippen MR) is 48.9 cm³/mol. The van der Waals surface area contributed by atoms with Crippen molar-refractivity contribution < 1.29 is 13.0 Å². The van der Waals surface area contributed by atoms with Crippen molar-refractivity contribution in [3.63, 3.8) is 0 Å². The highest BCUT2D eigenvalue weighted by atomic mass is 32.2. The summed E-state index contributed by atoms with van der Waals surface area (Å²) >= 11 is -0.804. The van der Waals surface area contributed by atoms with E-state index >= 15 is 0 Å². The lowest BCUT2D eigenvalue weighted by atomic mass is 10.6. The molecule has 4 nitrogen and oxygen atoms in total. The van der Waals surface area contributed by atoms with E-state index in [2.05, 4.69) is 0 Å². The van der Waals surface area contributed by atoms with Gasteiger partial charge in [0.05, 0.1) is 18.8 Å². The van der Waals surface area contributed by atoms with Crippen molar-refractivity contribution in [2.45, 2.75) is 6.92 Å². The van der Waals surface area contributed by atoms with Crippen LogP contribution in [0.1, 0.15) is 6.92 Å².